The van der Waals surface area contributed by atoms with E-state index >= 15 is 0 Å². The molecule has 2 aromatic rings. The highest BCUT2D eigenvalue weighted by atomic mass is 35.5. The van der Waals surface area contributed by atoms with E-state index in [1.165, 1.54) is 21.6 Å². The summed E-state index contributed by atoms with van der Waals surface area (Å²) in [6, 6.07) is 8.40. The zero-order chi connectivity index (χ0) is 10.1. The third-order valence-electron chi connectivity index (χ3n) is 1.68. The van der Waals surface area contributed by atoms with E-state index in [2.05, 4.69) is 0 Å². The van der Waals surface area contributed by atoms with Gasteiger partial charge in [-0.15, -0.1) is 0 Å². The van der Waals surface area contributed by atoms with Gasteiger partial charge in [-0.2, -0.15) is 0 Å². The van der Waals surface area contributed by atoms with Gasteiger partial charge in [-0.25, -0.2) is 3.96 Å². The largest absolute Gasteiger partial charge is 0.268 e. The normalized spacial score (nSPS) is 10.4. The zero-order valence-corrected chi connectivity index (χ0v) is 9.23. The molecule has 5 heteroatoms. The fourth-order valence-electron chi connectivity index (χ4n) is 1.07. The summed E-state index contributed by atoms with van der Waals surface area (Å²) in [6.07, 6.45) is 0. The fourth-order valence-corrected chi connectivity index (χ4v) is 2.19. The van der Waals surface area contributed by atoms with Crippen molar-refractivity contribution in [3.05, 3.63) is 50.0 Å². The Kier molecular flexibility index (Phi) is 2.63. The molecular formula is C9H5Cl2NOS. The van der Waals surface area contributed by atoms with Crippen LogP contribution in [0.25, 0.3) is 5.69 Å². The van der Waals surface area contributed by atoms with Gasteiger partial charge in [0.05, 0.1) is 5.69 Å². The van der Waals surface area contributed by atoms with Crippen LogP contribution in [0.1, 0.15) is 0 Å². The molecule has 2 rings (SSSR count). The van der Waals surface area contributed by atoms with E-state index < -0.39 is 0 Å². The quantitative estimate of drug-likeness (QED) is 0.757. The Hall–Kier alpha value is -0.770. The lowest BCUT2D eigenvalue weighted by atomic mass is 10.3. The maximum absolute atomic E-state index is 11.4. The summed E-state index contributed by atoms with van der Waals surface area (Å²) >= 11 is 12.7. The molecule has 2 nitrogen and oxygen atoms in total. The minimum Gasteiger partial charge on any atom is -0.268 e. The van der Waals surface area contributed by atoms with Crippen LogP contribution in [-0.2, 0) is 0 Å². The van der Waals surface area contributed by atoms with Crippen LogP contribution in [0.15, 0.2) is 35.1 Å². The lowest BCUT2D eigenvalue weighted by molar-refractivity contribution is 1.13. The van der Waals surface area contributed by atoms with Gasteiger partial charge in [0.1, 0.15) is 4.34 Å². The van der Waals surface area contributed by atoms with Gasteiger partial charge in [-0.3, -0.25) is 4.79 Å². The molecule has 0 spiro atoms. The number of rotatable bonds is 1. The van der Waals surface area contributed by atoms with E-state index in [-0.39, 0.29) is 5.56 Å². The Bertz CT molecular complexity index is 500. The Balaban J connectivity index is 2.54. The van der Waals surface area contributed by atoms with Crippen LogP contribution in [0, 0.1) is 0 Å². The number of hydrogen-bond donors (Lipinski definition) is 0. The molecule has 0 fully saturated rings. The lowest BCUT2D eigenvalue weighted by Gasteiger charge is -1.98. The SMILES string of the molecule is O=c1cc(Cl)sn1-c1ccc(Cl)cc1. The highest BCUT2D eigenvalue weighted by Crippen LogP contribution is 2.18. The molecule has 0 saturated heterocycles. The third-order valence-corrected chi connectivity index (χ3v) is 3.11. The summed E-state index contributed by atoms with van der Waals surface area (Å²) < 4.78 is 1.99. The average Bonchev–Trinajstić information content (AvgIpc) is 2.47. The van der Waals surface area contributed by atoms with Gasteiger partial charge in [0.2, 0.25) is 0 Å². The second-order valence-electron chi connectivity index (χ2n) is 2.65. The highest BCUT2D eigenvalue weighted by molar-refractivity contribution is 7.11. The predicted molar refractivity (Wildman–Crippen MR) is 59.9 cm³/mol. The number of halogens is 2. The summed E-state index contributed by atoms with van der Waals surface area (Å²) in [5.74, 6) is 0. The Labute approximate surface area is 94.5 Å². The van der Waals surface area contributed by atoms with Crippen LogP contribution in [-0.4, -0.2) is 3.96 Å². The molecule has 0 radical (unpaired) electrons. The van der Waals surface area contributed by atoms with Crippen molar-refractivity contribution < 1.29 is 0 Å². The first-order chi connectivity index (χ1) is 6.66. The minimum atomic E-state index is -0.123. The van der Waals surface area contributed by atoms with Gasteiger partial charge >= 0.3 is 0 Å². The molecule has 0 aliphatic heterocycles. The predicted octanol–water partition coefficient (Wildman–Crippen LogP) is 3.21. The molecule has 0 N–H and O–H groups in total. The van der Waals surface area contributed by atoms with Crippen molar-refractivity contribution in [2.75, 3.05) is 0 Å². The van der Waals surface area contributed by atoms with E-state index in [1.807, 2.05) is 0 Å². The van der Waals surface area contributed by atoms with Gasteiger partial charge in [-0.1, -0.05) is 23.2 Å². The smallest absolute Gasteiger partial charge is 0.266 e. The lowest BCUT2D eigenvalue weighted by Crippen LogP contribution is -2.08. The van der Waals surface area contributed by atoms with Crippen LogP contribution in [0.3, 0.4) is 0 Å². The first kappa shape index (κ1) is 9.77. The van der Waals surface area contributed by atoms with Gasteiger partial charge in [0.15, 0.2) is 0 Å². The fraction of sp³-hybridized carbons (Fsp3) is 0. The Morgan fingerprint density at radius 3 is 2.29 bits per heavy atom. The van der Waals surface area contributed by atoms with Crippen molar-refractivity contribution >= 4 is 34.7 Å². The molecule has 0 saturated carbocycles. The van der Waals surface area contributed by atoms with Gasteiger partial charge < -0.3 is 0 Å². The Morgan fingerprint density at radius 1 is 1.14 bits per heavy atom. The van der Waals surface area contributed by atoms with E-state index in [4.69, 9.17) is 23.2 Å². The van der Waals surface area contributed by atoms with Crippen molar-refractivity contribution in [3.63, 3.8) is 0 Å². The first-order valence-electron chi connectivity index (χ1n) is 3.81. The van der Waals surface area contributed by atoms with E-state index in [9.17, 15) is 4.79 Å². The number of nitrogens with zero attached hydrogens (tertiary/aromatic N) is 1. The number of hydrogen-bond acceptors (Lipinski definition) is 2. The molecule has 0 atom stereocenters. The Morgan fingerprint density at radius 2 is 1.79 bits per heavy atom. The topological polar surface area (TPSA) is 22.0 Å². The molecule has 72 valence electrons. The second-order valence-corrected chi connectivity index (χ2v) is 4.70. The summed E-state index contributed by atoms with van der Waals surface area (Å²) in [5.41, 5.74) is 0.652. The van der Waals surface area contributed by atoms with Crippen molar-refractivity contribution in [3.8, 4) is 5.69 Å². The van der Waals surface area contributed by atoms with Crippen LogP contribution < -0.4 is 5.56 Å². The van der Waals surface area contributed by atoms with Crippen molar-refractivity contribution in [2.45, 2.75) is 0 Å². The molecule has 1 aromatic carbocycles. The zero-order valence-electron chi connectivity index (χ0n) is 6.91. The van der Waals surface area contributed by atoms with Crippen molar-refractivity contribution in [1.29, 1.82) is 0 Å². The van der Waals surface area contributed by atoms with Gasteiger partial charge in [0.25, 0.3) is 5.56 Å². The minimum absolute atomic E-state index is 0.123. The number of aromatic nitrogens is 1. The van der Waals surface area contributed by atoms with Crippen LogP contribution >= 0.6 is 34.7 Å². The van der Waals surface area contributed by atoms with Gasteiger partial charge in [-0.05, 0) is 35.8 Å². The molecule has 14 heavy (non-hydrogen) atoms. The van der Waals surface area contributed by atoms with Gasteiger partial charge in [0, 0.05) is 11.1 Å². The van der Waals surface area contributed by atoms with E-state index in [0.717, 1.165) is 5.69 Å². The first-order valence-corrected chi connectivity index (χ1v) is 5.34. The van der Waals surface area contributed by atoms with E-state index in [1.54, 1.807) is 24.3 Å². The molecule has 0 unspecified atom stereocenters. The summed E-state index contributed by atoms with van der Waals surface area (Å²) in [5, 5.41) is 0.643. The monoisotopic (exact) mass is 245 g/mol. The third kappa shape index (κ3) is 1.85. The number of benzene rings is 1. The molecular weight excluding hydrogens is 241 g/mol. The van der Waals surface area contributed by atoms with Crippen LogP contribution in [0.4, 0.5) is 0 Å². The van der Waals surface area contributed by atoms with Crippen LogP contribution in [0.2, 0.25) is 9.36 Å². The second kappa shape index (κ2) is 3.77. The maximum atomic E-state index is 11.4. The van der Waals surface area contributed by atoms with Crippen LogP contribution in [0.5, 0.6) is 0 Å². The molecule has 1 aromatic heterocycles. The maximum Gasteiger partial charge on any atom is 0.266 e. The van der Waals surface area contributed by atoms with E-state index in [0.29, 0.717) is 9.36 Å². The van der Waals surface area contributed by atoms with Crippen molar-refractivity contribution in [1.82, 2.24) is 3.96 Å². The standard InChI is InChI=1S/C9H5Cl2NOS/c10-6-1-3-7(4-2-6)12-9(13)5-8(11)14-12/h1-5H. The summed E-state index contributed by atoms with van der Waals surface area (Å²) in [7, 11) is 0. The molecule has 0 bridgehead atoms. The molecule has 0 aliphatic rings. The molecule has 0 aliphatic carbocycles. The molecule has 1 heterocycles. The van der Waals surface area contributed by atoms with Crippen molar-refractivity contribution in [2.24, 2.45) is 0 Å². The summed E-state index contributed by atoms with van der Waals surface area (Å²) in [4.78, 5) is 11.4. The highest BCUT2D eigenvalue weighted by Gasteiger charge is 2.03. The average molecular weight is 246 g/mol. The summed E-state index contributed by atoms with van der Waals surface area (Å²) in [6.45, 7) is 0. The molecule has 0 amide bonds.